The van der Waals surface area contributed by atoms with Gasteiger partial charge in [0.1, 0.15) is 17.4 Å². The van der Waals surface area contributed by atoms with Crippen LogP contribution in [0.4, 0.5) is 10.6 Å². The minimum Gasteiger partial charge on any atom is -0.444 e. The molecule has 0 atom stereocenters. The number of aromatic amines is 1. The highest BCUT2D eigenvalue weighted by Crippen LogP contribution is 2.26. The number of nitrogens with one attached hydrogen (secondary N) is 1. The van der Waals surface area contributed by atoms with Gasteiger partial charge < -0.3 is 19.5 Å². The van der Waals surface area contributed by atoms with E-state index in [-0.39, 0.29) is 6.09 Å². The number of anilines is 1. The van der Waals surface area contributed by atoms with Crippen molar-refractivity contribution >= 4 is 23.1 Å². The third-order valence-corrected chi connectivity index (χ3v) is 4.35. The van der Waals surface area contributed by atoms with Crippen molar-refractivity contribution in [3.8, 4) is 0 Å². The van der Waals surface area contributed by atoms with Gasteiger partial charge in [-0.1, -0.05) is 0 Å². The van der Waals surface area contributed by atoms with Crippen molar-refractivity contribution in [2.24, 2.45) is 5.92 Å². The van der Waals surface area contributed by atoms with E-state index in [1.165, 1.54) is 0 Å². The van der Waals surface area contributed by atoms with E-state index >= 15 is 0 Å². The number of carbonyl (C=O) groups excluding carboxylic acids is 1. The number of rotatable bonds is 3. The van der Waals surface area contributed by atoms with E-state index in [2.05, 4.69) is 24.8 Å². The molecule has 1 fully saturated rings. The van der Waals surface area contributed by atoms with E-state index in [1.807, 2.05) is 20.8 Å². The lowest BCUT2D eigenvalue weighted by Gasteiger charge is -2.34. The highest BCUT2D eigenvalue weighted by molar-refractivity contribution is 5.82. The van der Waals surface area contributed by atoms with Crippen LogP contribution < -0.4 is 4.90 Å². The Morgan fingerprint density at radius 2 is 2.04 bits per heavy atom. The van der Waals surface area contributed by atoms with Crippen LogP contribution in [0.2, 0.25) is 0 Å². The first kappa shape index (κ1) is 17.4. The van der Waals surface area contributed by atoms with Crippen molar-refractivity contribution in [1.82, 2.24) is 24.8 Å². The van der Waals surface area contributed by atoms with Gasteiger partial charge in [0.2, 0.25) is 0 Å². The molecular formula is C17H26N6O2. The number of ether oxygens (including phenoxy) is 1. The predicted octanol–water partition coefficient (Wildman–Crippen LogP) is 2.44. The van der Waals surface area contributed by atoms with Crippen LogP contribution in [-0.2, 0) is 4.74 Å². The molecule has 0 aliphatic carbocycles. The van der Waals surface area contributed by atoms with Crippen molar-refractivity contribution in [2.75, 3.05) is 31.6 Å². The number of carbonyl (C=O) groups is 1. The molecule has 0 spiro atoms. The minimum atomic E-state index is -0.461. The second-order valence-electron chi connectivity index (χ2n) is 7.59. The highest BCUT2D eigenvalue weighted by Gasteiger charge is 2.26. The molecule has 0 radical (unpaired) electrons. The van der Waals surface area contributed by atoms with Crippen molar-refractivity contribution in [2.45, 2.75) is 39.2 Å². The van der Waals surface area contributed by atoms with E-state index in [1.54, 1.807) is 24.6 Å². The lowest BCUT2D eigenvalue weighted by atomic mass is 9.96. The largest absolute Gasteiger partial charge is 0.444 e. The van der Waals surface area contributed by atoms with Gasteiger partial charge in [-0.15, -0.1) is 0 Å². The average molecular weight is 346 g/mol. The number of hydrogen-bond donors (Lipinski definition) is 1. The average Bonchev–Trinajstić information content (AvgIpc) is 3.02. The first-order valence-electron chi connectivity index (χ1n) is 8.66. The Balaban J connectivity index is 1.55. The number of nitrogens with zero attached hydrogens (tertiary/aromatic N) is 5. The van der Waals surface area contributed by atoms with Gasteiger partial charge in [-0.3, -0.25) is 0 Å². The SMILES string of the molecule is CN(CC1CCN(c2ncnc3nc[nH]c23)CC1)C(=O)OC(C)(C)C. The molecule has 1 aliphatic rings. The van der Waals surface area contributed by atoms with Crippen molar-refractivity contribution in [3.63, 3.8) is 0 Å². The molecule has 25 heavy (non-hydrogen) atoms. The summed E-state index contributed by atoms with van der Waals surface area (Å²) < 4.78 is 5.42. The Kier molecular flexibility index (Phi) is 4.78. The predicted molar refractivity (Wildman–Crippen MR) is 95.5 cm³/mol. The molecule has 1 aliphatic heterocycles. The van der Waals surface area contributed by atoms with Crippen LogP contribution in [0.15, 0.2) is 12.7 Å². The molecule has 0 bridgehead atoms. The molecule has 136 valence electrons. The molecule has 1 amide bonds. The van der Waals surface area contributed by atoms with Gasteiger partial charge in [0, 0.05) is 26.7 Å². The lowest BCUT2D eigenvalue weighted by Crippen LogP contribution is -2.41. The minimum absolute atomic E-state index is 0.259. The maximum Gasteiger partial charge on any atom is 0.410 e. The third-order valence-electron chi connectivity index (χ3n) is 4.35. The first-order chi connectivity index (χ1) is 11.8. The Hall–Kier alpha value is -2.38. The highest BCUT2D eigenvalue weighted by atomic mass is 16.6. The molecule has 0 unspecified atom stereocenters. The van der Waals surface area contributed by atoms with Crippen molar-refractivity contribution < 1.29 is 9.53 Å². The molecule has 8 heteroatoms. The zero-order valence-electron chi connectivity index (χ0n) is 15.3. The second-order valence-corrected chi connectivity index (χ2v) is 7.59. The van der Waals surface area contributed by atoms with Gasteiger partial charge in [-0.05, 0) is 39.5 Å². The van der Waals surface area contributed by atoms with Crippen LogP contribution in [0.5, 0.6) is 0 Å². The van der Waals surface area contributed by atoms with E-state index in [4.69, 9.17) is 4.74 Å². The summed E-state index contributed by atoms with van der Waals surface area (Å²) in [4.78, 5) is 31.9. The zero-order chi connectivity index (χ0) is 18.0. The summed E-state index contributed by atoms with van der Waals surface area (Å²) in [5, 5.41) is 0. The topological polar surface area (TPSA) is 87.2 Å². The van der Waals surface area contributed by atoms with Gasteiger partial charge in [-0.25, -0.2) is 19.7 Å². The Morgan fingerprint density at radius 1 is 1.32 bits per heavy atom. The molecule has 0 saturated carbocycles. The van der Waals surface area contributed by atoms with Crippen LogP contribution in [0.25, 0.3) is 11.2 Å². The number of amides is 1. The normalized spacial score (nSPS) is 16.2. The van der Waals surface area contributed by atoms with Crippen molar-refractivity contribution in [3.05, 3.63) is 12.7 Å². The van der Waals surface area contributed by atoms with Gasteiger partial charge in [0.15, 0.2) is 11.5 Å². The van der Waals surface area contributed by atoms with Gasteiger partial charge in [0.05, 0.1) is 6.33 Å². The van der Waals surface area contributed by atoms with Crippen LogP contribution >= 0.6 is 0 Å². The lowest BCUT2D eigenvalue weighted by molar-refractivity contribution is 0.0266. The van der Waals surface area contributed by atoms with E-state index in [0.717, 1.165) is 37.3 Å². The summed E-state index contributed by atoms with van der Waals surface area (Å²) in [7, 11) is 1.80. The summed E-state index contributed by atoms with van der Waals surface area (Å²) in [5.74, 6) is 1.37. The summed E-state index contributed by atoms with van der Waals surface area (Å²) in [6.45, 7) is 8.17. The number of H-pyrrole nitrogens is 1. The molecule has 2 aromatic rings. The van der Waals surface area contributed by atoms with Crippen LogP contribution in [0.1, 0.15) is 33.6 Å². The van der Waals surface area contributed by atoms with Crippen molar-refractivity contribution in [1.29, 1.82) is 0 Å². The summed E-state index contributed by atoms with van der Waals surface area (Å²) in [6, 6.07) is 0. The van der Waals surface area contributed by atoms with E-state index < -0.39 is 5.60 Å². The second kappa shape index (κ2) is 6.85. The number of imidazole rings is 1. The summed E-state index contributed by atoms with van der Waals surface area (Å²) >= 11 is 0. The van der Waals surface area contributed by atoms with Crippen LogP contribution in [0.3, 0.4) is 0 Å². The monoisotopic (exact) mass is 346 g/mol. The molecule has 0 aromatic carbocycles. The third kappa shape index (κ3) is 4.18. The maximum atomic E-state index is 12.1. The first-order valence-corrected chi connectivity index (χ1v) is 8.66. The fourth-order valence-corrected chi connectivity index (χ4v) is 3.12. The number of fused-ring (bicyclic) bond motifs is 1. The molecule has 1 saturated heterocycles. The quantitative estimate of drug-likeness (QED) is 0.918. The van der Waals surface area contributed by atoms with Crippen LogP contribution in [0, 0.1) is 5.92 Å². The number of aromatic nitrogens is 4. The van der Waals surface area contributed by atoms with Crippen LogP contribution in [-0.4, -0.2) is 63.2 Å². The van der Waals surface area contributed by atoms with E-state index in [9.17, 15) is 4.79 Å². The molecule has 3 rings (SSSR count). The molecule has 8 nitrogen and oxygen atoms in total. The maximum absolute atomic E-state index is 12.1. The number of hydrogen-bond acceptors (Lipinski definition) is 6. The Labute approximate surface area is 147 Å². The fourth-order valence-electron chi connectivity index (χ4n) is 3.12. The zero-order valence-corrected chi connectivity index (χ0v) is 15.3. The fraction of sp³-hybridized carbons (Fsp3) is 0.647. The molecule has 1 N–H and O–H groups in total. The Morgan fingerprint density at radius 3 is 2.72 bits per heavy atom. The molecule has 3 heterocycles. The van der Waals surface area contributed by atoms with Gasteiger partial charge in [-0.2, -0.15) is 0 Å². The number of piperidine rings is 1. The molecular weight excluding hydrogens is 320 g/mol. The Bertz CT molecular complexity index is 730. The smallest absolute Gasteiger partial charge is 0.410 e. The summed E-state index contributed by atoms with van der Waals surface area (Å²) in [5.41, 5.74) is 1.11. The molecule has 2 aromatic heterocycles. The van der Waals surface area contributed by atoms with E-state index in [0.29, 0.717) is 18.1 Å². The standard InChI is InChI=1S/C17H26N6O2/c1-17(2,3)25-16(24)22(4)9-12-5-7-23(8-6-12)15-13-14(19-10-18-13)20-11-21-15/h10-12H,5-9H2,1-4H3,(H,18,19,20,21). The van der Waals surface area contributed by atoms with Gasteiger partial charge in [0.25, 0.3) is 0 Å². The summed E-state index contributed by atoms with van der Waals surface area (Å²) in [6.07, 6.45) is 4.95. The van der Waals surface area contributed by atoms with Gasteiger partial charge >= 0.3 is 6.09 Å².